The smallest absolute Gasteiger partial charge is 0.0991 e. The lowest BCUT2D eigenvalue weighted by atomic mass is 9.94. The van der Waals surface area contributed by atoms with Crippen LogP contribution in [0.2, 0.25) is 0 Å². The molecule has 102 valence electrons. The third kappa shape index (κ3) is 4.34. The molecular weight excluding hydrogens is 236 g/mol. The van der Waals surface area contributed by atoms with E-state index in [1.165, 1.54) is 12.8 Å². The van der Waals surface area contributed by atoms with Gasteiger partial charge in [-0.25, -0.2) is 0 Å². The predicted octanol–water partition coefficient (Wildman–Crippen LogP) is 2.73. The summed E-state index contributed by atoms with van der Waals surface area (Å²) in [4.78, 5) is 0. The van der Waals surface area contributed by atoms with Gasteiger partial charge in [0.2, 0.25) is 0 Å². The highest BCUT2D eigenvalue weighted by Crippen LogP contribution is 2.26. The van der Waals surface area contributed by atoms with Gasteiger partial charge in [-0.15, -0.1) is 0 Å². The van der Waals surface area contributed by atoms with E-state index in [-0.39, 0.29) is 0 Å². The van der Waals surface area contributed by atoms with Gasteiger partial charge in [-0.3, -0.25) is 0 Å². The van der Waals surface area contributed by atoms with Crippen LogP contribution in [0.3, 0.4) is 0 Å². The van der Waals surface area contributed by atoms with Crippen molar-refractivity contribution >= 4 is 0 Å². The fourth-order valence-corrected chi connectivity index (χ4v) is 2.70. The number of hydrogen-bond acceptors (Lipinski definition) is 3. The lowest BCUT2D eigenvalue weighted by Crippen LogP contribution is -2.39. The lowest BCUT2D eigenvalue weighted by molar-refractivity contribution is 0.0250. The molecule has 0 aliphatic heterocycles. The van der Waals surface area contributed by atoms with Gasteiger partial charge < -0.3 is 10.4 Å². The SMILES string of the molecule is N#Cc1ccc(CNCC2(O)CCCCCC2)cc1. The van der Waals surface area contributed by atoms with Gasteiger partial charge in [0.05, 0.1) is 17.2 Å². The standard InChI is InChI=1S/C16H22N2O/c17-11-14-5-7-15(8-6-14)12-18-13-16(19)9-3-1-2-4-10-16/h5-8,18-19H,1-4,9-10,12-13H2. The van der Waals surface area contributed by atoms with Crippen molar-refractivity contribution in [3.05, 3.63) is 35.4 Å². The summed E-state index contributed by atoms with van der Waals surface area (Å²) in [5, 5.41) is 22.6. The Hall–Kier alpha value is -1.37. The van der Waals surface area contributed by atoms with Crippen molar-refractivity contribution < 1.29 is 5.11 Å². The minimum atomic E-state index is -0.525. The molecule has 0 saturated heterocycles. The Morgan fingerprint density at radius 1 is 1.11 bits per heavy atom. The van der Waals surface area contributed by atoms with Crippen molar-refractivity contribution in [1.29, 1.82) is 5.26 Å². The maximum Gasteiger partial charge on any atom is 0.0991 e. The summed E-state index contributed by atoms with van der Waals surface area (Å²) in [6, 6.07) is 9.70. The molecule has 3 heteroatoms. The molecule has 3 nitrogen and oxygen atoms in total. The zero-order valence-corrected chi connectivity index (χ0v) is 11.4. The van der Waals surface area contributed by atoms with Gasteiger partial charge in [0.15, 0.2) is 0 Å². The Labute approximate surface area is 115 Å². The van der Waals surface area contributed by atoms with E-state index in [0.717, 1.165) is 37.8 Å². The van der Waals surface area contributed by atoms with Crippen LogP contribution in [0.5, 0.6) is 0 Å². The molecule has 1 aromatic carbocycles. The first-order chi connectivity index (χ1) is 9.22. The molecule has 0 bridgehead atoms. The highest BCUT2D eigenvalue weighted by Gasteiger charge is 2.27. The zero-order chi connectivity index (χ0) is 13.6. The molecular formula is C16H22N2O. The molecule has 0 spiro atoms. The van der Waals surface area contributed by atoms with Crippen molar-refractivity contribution in [2.75, 3.05) is 6.54 Å². The van der Waals surface area contributed by atoms with E-state index in [0.29, 0.717) is 12.1 Å². The number of nitrogens with zero attached hydrogens (tertiary/aromatic N) is 1. The van der Waals surface area contributed by atoms with Gasteiger partial charge in [0, 0.05) is 13.1 Å². The topological polar surface area (TPSA) is 56.0 Å². The van der Waals surface area contributed by atoms with Crippen LogP contribution in [0, 0.1) is 11.3 Å². The van der Waals surface area contributed by atoms with Crippen molar-refractivity contribution in [3.8, 4) is 6.07 Å². The molecule has 0 amide bonds. The van der Waals surface area contributed by atoms with Gasteiger partial charge in [-0.2, -0.15) is 5.26 Å². The average Bonchev–Trinajstić information content (AvgIpc) is 2.65. The number of rotatable bonds is 4. The van der Waals surface area contributed by atoms with Crippen LogP contribution < -0.4 is 5.32 Å². The Bertz CT molecular complexity index is 425. The van der Waals surface area contributed by atoms with Crippen LogP contribution in [0.1, 0.15) is 49.7 Å². The Morgan fingerprint density at radius 3 is 2.32 bits per heavy atom. The minimum Gasteiger partial charge on any atom is -0.389 e. The molecule has 1 saturated carbocycles. The Morgan fingerprint density at radius 2 is 1.74 bits per heavy atom. The van der Waals surface area contributed by atoms with E-state index >= 15 is 0 Å². The van der Waals surface area contributed by atoms with Gasteiger partial charge in [-0.05, 0) is 30.5 Å². The quantitative estimate of drug-likeness (QED) is 0.816. The van der Waals surface area contributed by atoms with Crippen LogP contribution >= 0.6 is 0 Å². The van der Waals surface area contributed by atoms with E-state index < -0.39 is 5.60 Å². The Kier molecular flexibility index (Phi) is 4.95. The molecule has 1 aromatic rings. The Balaban J connectivity index is 1.80. The van der Waals surface area contributed by atoms with Gasteiger partial charge in [0.25, 0.3) is 0 Å². The van der Waals surface area contributed by atoms with Gasteiger partial charge in [0.1, 0.15) is 0 Å². The molecule has 19 heavy (non-hydrogen) atoms. The summed E-state index contributed by atoms with van der Waals surface area (Å²) in [7, 11) is 0. The highest BCUT2D eigenvalue weighted by atomic mass is 16.3. The molecule has 2 rings (SSSR count). The number of nitriles is 1. The molecule has 1 fully saturated rings. The lowest BCUT2D eigenvalue weighted by Gasteiger charge is -2.27. The van der Waals surface area contributed by atoms with Crippen molar-refractivity contribution in [3.63, 3.8) is 0 Å². The third-order valence-corrected chi connectivity index (χ3v) is 3.90. The van der Waals surface area contributed by atoms with E-state index in [4.69, 9.17) is 5.26 Å². The number of nitrogens with one attached hydrogen (secondary N) is 1. The largest absolute Gasteiger partial charge is 0.389 e. The zero-order valence-electron chi connectivity index (χ0n) is 11.4. The summed E-state index contributed by atoms with van der Waals surface area (Å²) in [5.41, 5.74) is 1.31. The number of benzene rings is 1. The highest BCUT2D eigenvalue weighted by molar-refractivity contribution is 5.31. The summed E-state index contributed by atoms with van der Waals surface area (Å²) in [5.74, 6) is 0. The van der Waals surface area contributed by atoms with Crippen molar-refractivity contribution in [1.82, 2.24) is 5.32 Å². The summed E-state index contributed by atoms with van der Waals surface area (Å²) < 4.78 is 0. The van der Waals surface area contributed by atoms with Gasteiger partial charge >= 0.3 is 0 Å². The summed E-state index contributed by atoms with van der Waals surface area (Å²) >= 11 is 0. The number of aliphatic hydroxyl groups is 1. The first-order valence-electron chi connectivity index (χ1n) is 7.14. The minimum absolute atomic E-state index is 0.525. The fraction of sp³-hybridized carbons (Fsp3) is 0.562. The van der Waals surface area contributed by atoms with Crippen LogP contribution in [0.25, 0.3) is 0 Å². The van der Waals surface area contributed by atoms with Crippen LogP contribution in [0.4, 0.5) is 0 Å². The first kappa shape index (κ1) is 14.0. The second-order valence-electron chi connectivity index (χ2n) is 5.55. The van der Waals surface area contributed by atoms with Crippen molar-refractivity contribution in [2.24, 2.45) is 0 Å². The molecule has 0 aromatic heterocycles. The van der Waals surface area contributed by atoms with E-state index in [9.17, 15) is 5.11 Å². The second-order valence-corrected chi connectivity index (χ2v) is 5.55. The second kappa shape index (κ2) is 6.70. The van der Waals surface area contributed by atoms with E-state index in [2.05, 4.69) is 11.4 Å². The third-order valence-electron chi connectivity index (χ3n) is 3.90. The summed E-state index contributed by atoms with van der Waals surface area (Å²) in [6.45, 7) is 1.40. The summed E-state index contributed by atoms with van der Waals surface area (Å²) in [6.07, 6.45) is 6.58. The molecule has 0 atom stereocenters. The van der Waals surface area contributed by atoms with E-state index in [1.807, 2.05) is 24.3 Å². The fourth-order valence-electron chi connectivity index (χ4n) is 2.70. The monoisotopic (exact) mass is 258 g/mol. The maximum atomic E-state index is 10.5. The normalized spacial score (nSPS) is 18.5. The van der Waals surface area contributed by atoms with Crippen LogP contribution in [-0.4, -0.2) is 17.3 Å². The average molecular weight is 258 g/mol. The molecule has 0 unspecified atom stereocenters. The maximum absolute atomic E-state index is 10.5. The van der Waals surface area contributed by atoms with Crippen LogP contribution in [-0.2, 0) is 6.54 Å². The molecule has 0 radical (unpaired) electrons. The molecule has 2 N–H and O–H groups in total. The molecule has 1 aliphatic rings. The van der Waals surface area contributed by atoms with E-state index in [1.54, 1.807) is 0 Å². The van der Waals surface area contributed by atoms with Crippen molar-refractivity contribution in [2.45, 2.75) is 50.7 Å². The first-order valence-corrected chi connectivity index (χ1v) is 7.14. The predicted molar refractivity (Wildman–Crippen MR) is 75.5 cm³/mol. The number of hydrogen-bond donors (Lipinski definition) is 2. The molecule has 0 heterocycles. The van der Waals surface area contributed by atoms with Crippen LogP contribution in [0.15, 0.2) is 24.3 Å². The van der Waals surface area contributed by atoms with Gasteiger partial charge in [-0.1, -0.05) is 37.8 Å². The molecule has 1 aliphatic carbocycles.